The zero-order valence-corrected chi connectivity index (χ0v) is 10.4. The van der Waals surface area contributed by atoms with Crippen LogP contribution in [0.25, 0.3) is 0 Å². The smallest absolute Gasteiger partial charge is 0.297 e. The Kier molecular flexibility index (Phi) is 3.90. The molecule has 0 aliphatic heterocycles. The van der Waals surface area contributed by atoms with Crippen molar-refractivity contribution in [2.24, 2.45) is 7.05 Å². The van der Waals surface area contributed by atoms with E-state index in [1.165, 1.54) is 12.1 Å². The number of aryl methyl sites for hydroxylation is 1. The molecule has 0 fully saturated rings. The van der Waals surface area contributed by atoms with Crippen molar-refractivity contribution in [3.63, 3.8) is 0 Å². The van der Waals surface area contributed by atoms with Gasteiger partial charge in [0, 0.05) is 19.8 Å². The fourth-order valence-corrected chi connectivity index (χ4v) is 1.85. The third kappa shape index (κ3) is 3.35. The van der Waals surface area contributed by atoms with E-state index >= 15 is 0 Å². The first-order chi connectivity index (χ1) is 8.98. The molecule has 2 aromatic rings. The van der Waals surface area contributed by atoms with Crippen LogP contribution in [0.5, 0.6) is 0 Å². The highest BCUT2D eigenvalue weighted by molar-refractivity contribution is 5.20. The fourth-order valence-electron chi connectivity index (χ4n) is 1.85. The van der Waals surface area contributed by atoms with Gasteiger partial charge in [0.15, 0.2) is 0 Å². The molecule has 0 saturated carbocycles. The van der Waals surface area contributed by atoms with Gasteiger partial charge in [-0.05, 0) is 11.6 Å². The highest BCUT2D eigenvalue weighted by Crippen LogP contribution is 2.32. The summed E-state index contributed by atoms with van der Waals surface area (Å²) in [5.74, 6) is 0. The molecule has 1 unspecified atom stereocenters. The van der Waals surface area contributed by atoms with Crippen molar-refractivity contribution in [3.05, 3.63) is 53.9 Å². The largest absolute Gasteiger partial charge is 0.407 e. The Morgan fingerprint density at radius 3 is 2.42 bits per heavy atom. The Balaban J connectivity index is 2.14. The highest BCUT2D eigenvalue weighted by Gasteiger charge is 2.40. The molecule has 102 valence electrons. The van der Waals surface area contributed by atoms with Gasteiger partial charge in [0.25, 0.3) is 0 Å². The molecule has 2 rings (SSSR count). The predicted molar refractivity (Wildman–Crippen MR) is 65.3 cm³/mol. The summed E-state index contributed by atoms with van der Waals surface area (Å²) < 4.78 is 40.7. The zero-order chi connectivity index (χ0) is 13.9. The molecule has 0 aliphatic carbocycles. The van der Waals surface area contributed by atoms with Gasteiger partial charge < -0.3 is 0 Å². The van der Waals surface area contributed by atoms with Gasteiger partial charge in [-0.1, -0.05) is 30.3 Å². The third-order valence-corrected chi connectivity index (χ3v) is 2.87. The molecular formula is C13H14F3N3. The number of benzene rings is 1. The first-order valence-corrected chi connectivity index (χ1v) is 5.80. The summed E-state index contributed by atoms with van der Waals surface area (Å²) in [6.07, 6.45) is -2.78. The third-order valence-electron chi connectivity index (χ3n) is 2.87. The van der Waals surface area contributed by atoms with E-state index in [9.17, 15) is 13.2 Å². The molecule has 6 heteroatoms. The second-order valence-corrected chi connectivity index (χ2v) is 4.21. The number of nitrogens with zero attached hydrogens (tertiary/aromatic N) is 2. The van der Waals surface area contributed by atoms with Gasteiger partial charge >= 0.3 is 6.18 Å². The minimum absolute atomic E-state index is 0.107. The average molecular weight is 269 g/mol. The molecule has 1 heterocycles. The maximum absolute atomic E-state index is 13.1. The van der Waals surface area contributed by atoms with Crippen LogP contribution in [0, 0.1) is 0 Å². The van der Waals surface area contributed by atoms with Crippen molar-refractivity contribution in [3.8, 4) is 0 Å². The van der Waals surface area contributed by atoms with Crippen molar-refractivity contribution in [2.45, 2.75) is 18.8 Å². The van der Waals surface area contributed by atoms with E-state index in [0.717, 1.165) is 0 Å². The van der Waals surface area contributed by atoms with Gasteiger partial charge in [-0.2, -0.15) is 18.3 Å². The van der Waals surface area contributed by atoms with Crippen molar-refractivity contribution in [1.29, 1.82) is 0 Å². The average Bonchev–Trinajstić information content (AvgIpc) is 2.75. The molecule has 0 bridgehead atoms. The second kappa shape index (κ2) is 5.44. The van der Waals surface area contributed by atoms with Crippen LogP contribution in [0.2, 0.25) is 0 Å². The van der Waals surface area contributed by atoms with Crippen LogP contribution in [0.4, 0.5) is 13.2 Å². The van der Waals surface area contributed by atoms with Crippen molar-refractivity contribution in [1.82, 2.24) is 15.1 Å². The normalized spacial score (nSPS) is 13.5. The summed E-state index contributed by atoms with van der Waals surface area (Å²) >= 11 is 0. The summed E-state index contributed by atoms with van der Waals surface area (Å²) in [6.45, 7) is 0.107. The van der Waals surface area contributed by atoms with Gasteiger partial charge in [0.05, 0.1) is 5.69 Å². The number of rotatable bonds is 4. The van der Waals surface area contributed by atoms with Crippen LogP contribution in [-0.2, 0) is 13.6 Å². The molecule has 0 saturated heterocycles. The summed E-state index contributed by atoms with van der Waals surface area (Å²) in [6, 6.07) is 7.83. The van der Waals surface area contributed by atoms with Crippen LogP contribution < -0.4 is 5.32 Å². The highest BCUT2D eigenvalue weighted by atomic mass is 19.4. The van der Waals surface area contributed by atoms with Gasteiger partial charge in [-0.15, -0.1) is 0 Å². The monoisotopic (exact) mass is 269 g/mol. The van der Waals surface area contributed by atoms with Crippen molar-refractivity contribution >= 4 is 0 Å². The summed E-state index contributed by atoms with van der Waals surface area (Å²) in [5, 5.41) is 6.46. The van der Waals surface area contributed by atoms with Crippen LogP contribution >= 0.6 is 0 Å². The molecular weight excluding hydrogens is 255 g/mol. The summed E-state index contributed by atoms with van der Waals surface area (Å²) in [5.41, 5.74) is 0.905. The van der Waals surface area contributed by atoms with E-state index in [-0.39, 0.29) is 12.1 Å². The summed E-state index contributed by atoms with van der Waals surface area (Å²) in [7, 11) is 1.70. The Labute approximate surface area is 109 Å². The van der Waals surface area contributed by atoms with Gasteiger partial charge in [0.2, 0.25) is 0 Å². The molecule has 1 atom stereocenters. The lowest BCUT2D eigenvalue weighted by Crippen LogP contribution is -2.34. The van der Waals surface area contributed by atoms with Crippen LogP contribution in [0.1, 0.15) is 17.3 Å². The van der Waals surface area contributed by atoms with E-state index in [0.29, 0.717) is 5.69 Å². The predicted octanol–water partition coefficient (Wildman–Crippen LogP) is 2.81. The first kappa shape index (κ1) is 13.6. The van der Waals surface area contributed by atoms with Gasteiger partial charge in [0.1, 0.15) is 6.04 Å². The Morgan fingerprint density at radius 2 is 1.89 bits per heavy atom. The Hall–Kier alpha value is -1.82. The van der Waals surface area contributed by atoms with E-state index in [1.807, 2.05) is 0 Å². The Bertz CT molecular complexity index is 519. The number of alkyl halides is 3. The van der Waals surface area contributed by atoms with Crippen molar-refractivity contribution < 1.29 is 13.2 Å². The molecule has 19 heavy (non-hydrogen) atoms. The lowest BCUT2D eigenvalue weighted by atomic mass is 10.1. The summed E-state index contributed by atoms with van der Waals surface area (Å²) in [4.78, 5) is 0. The molecule has 1 aromatic heterocycles. The molecule has 0 amide bonds. The molecule has 1 aromatic carbocycles. The van der Waals surface area contributed by atoms with E-state index in [1.54, 1.807) is 42.2 Å². The minimum Gasteiger partial charge on any atom is -0.297 e. The topological polar surface area (TPSA) is 29.9 Å². The lowest BCUT2D eigenvalue weighted by molar-refractivity contribution is -0.158. The minimum atomic E-state index is -4.33. The van der Waals surface area contributed by atoms with E-state index < -0.39 is 12.2 Å². The SMILES string of the molecule is Cn1nccc1CNC(c1ccccc1)C(F)(F)F. The molecule has 0 radical (unpaired) electrons. The molecule has 1 N–H and O–H groups in total. The second-order valence-electron chi connectivity index (χ2n) is 4.21. The van der Waals surface area contributed by atoms with Crippen LogP contribution in [0.15, 0.2) is 42.6 Å². The fraction of sp³-hybridized carbons (Fsp3) is 0.308. The molecule has 0 spiro atoms. The van der Waals surface area contributed by atoms with Crippen LogP contribution in [-0.4, -0.2) is 16.0 Å². The number of hydrogen-bond donors (Lipinski definition) is 1. The van der Waals surface area contributed by atoms with E-state index in [4.69, 9.17) is 0 Å². The lowest BCUT2D eigenvalue weighted by Gasteiger charge is -2.22. The maximum Gasteiger partial charge on any atom is 0.407 e. The van der Waals surface area contributed by atoms with Crippen LogP contribution in [0.3, 0.4) is 0 Å². The first-order valence-electron chi connectivity index (χ1n) is 5.80. The number of nitrogens with one attached hydrogen (secondary N) is 1. The number of aromatic nitrogens is 2. The van der Waals surface area contributed by atoms with Gasteiger partial charge in [-0.25, -0.2) is 0 Å². The number of hydrogen-bond acceptors (Lipinski definition) is 2. The standard InChI is InChI=1S/C13H14F3N3/c1-19-11(7-8-18-19)9-17-12(13(14,15)16)10-5-3-2-4-6-10/h2-8,12,17H,9H2,1H3. The van der Waals surface area contributed by atoms with Crippen molar-refractivity contribution in [2.75, 3.05) is 0 Å². The number of halogens is 3. The maximum atomic E-state index is 13.1. The molecule has 3 nitrogen and oxygen atoms in total. The molecule has 0 aliphatic rings. The quantitative estimate of drug-likeness (QED) is 0.925. The van der Waals surface area contributed by atoms with Gasteiger partial charge in [-0.3, -0.25) is 10.00 Å². The van der Waals surface area contributed by atoms with E-state index in [2.05, 4.69) is 10.4 Å². The Morgan fingerprint density at radius 1 is 1.21 bits per heavy atom. The zero-order valence-electron chi connectivity index (χ0n) is 10.4.